The molecule has 0 atom stereocenters. The van der Waals surface area contributed by atoms with Crippen molar-refractivity contribution in [1.82, 2.24) is 0 Å². The minimum Gasteiger partial charge on any atom is -0.398 e. The molecule has 0 aliphatic heterocycles. The first kappa shape index (κ1) is 9.01. The molecule has 1 nitrogen and oxygen atoms in total. The molecule has 12 heavy (non-hydrogen) atoms. The van der Waals surface area contributed by atoms with Crippen LogP contribution < -0.4 is 5.73 Å². The third kappa shape index (κ3) is 1.33. The Morgan fingerprint density at radius 2 is 1.92 bits per heavy atom. The van der Waals surface area contributed by atoms with Gasteiger partial charge in [0, 0.05) is 23.6 Å². The number of thiophene rings is 1. The lowest BCUT2D eigenvalue weighted by Gasteiger charge is -1.98. The Kier molecular flexibility index (Phi) is 2.48. The van der Waals surface area contributed by atoms with Crippen molar-refractivity contribution in [2.45, 2.75) is 0 Å². The van der Waals surface area contributed by atoms with Gasteiger partial charge in [-0.3, -0.25) is 0 Å². The van der Waals surface area contributed by atoms with Gasteiger partial charge in [-0.15, -0.1) is 11.3 Å². The smallest absolute Gasteiger partial charge is 0.0593 e. The number of rotatable bonds is 0. The van der Waals surface area contributed by atoms with Crippen LogP contribution in [-0.2, 0) is 0 Å². The summed E-state index contributed by atoms with van der Waals surface area (Å²) in [6.07, 6.45) is 0. The van der Waals surface area contributed by atoms with Crippen LogP contribution >= 0.6 is 56.5 Å². The van der Waals surface area contributed by atoms with Gasteiger partial charge in [0.2, 0.25) is 0 Å². The number of fused-ring (bicyclic) bond motifs is 1. The van der Waals surface area contributed by atoms with Crippen molar-refractivity contribution in [2.75, 3.05) is 5.73 Å². The molecule has 2 N–H and O–H groups in total. The van der Waals surface area contributed by atoms with E-state index in [1.54, 1.807) is 11.3 Å². The minimum atomic E-state index is 0.887. The average molecular weight is 401 g/mol. The van der Waals surface area contributed by atoms with E-state index in [4.69, 9.17) is 5.73 Å². The summed E-state index contributed by atoms with van der Waals surface area (Å²) in [5.41, 5.74) is 6.73. The second-order valence-electron chi connectivity index (χ2n) is 2.42. The Balaban J connectivity index is 2.98. The lowest BCUT2D eigenvalue weighted by molar-refractivity contribution is 1.74. The molecule has 0 bridgehead atoms. The normalized spacial score (nSPS) is 10.8. The molecule has 0 unspecified atom stereocenters. The van der Waals surface area contributed by atoms with E-state index < -0.39 is 0 Å². The zero-order valence-electron chi connectivity index (χ0n) is 5.97. The zero-order valence-corrected chi connectivity index (χ0v) is 11.1. The largest absolute Gasteiger partial charge is 0.398 e. The predicted molar refractivity (Wildman–Crippen MR) is 71.7 cm³/mol. The van der Waals surface area contributed by atoms with Crippen LogP contribution in [0.15, 0.2) is 17.5 Å². The van der Waals surface area contributed by atoms with E-state index in [2.05, 4.69) is 56.6 Å². The van der Waals surface area contributed by atoms with Gasteiger partial charge in [-0.25, -0.2) is 0 Å². The number of nitrogen functional groups attached to an aromatic ring is 1. The van der Waals surface area contributed by atoms with E-state index in [9.17, 15) is 0 Å². The highest BCUT2D eigenvalue weighted by Crippen LogP contribution is 2.34. The minimum absolute atomic E-state index is 0.887. The Morgan fingerprint density at radius 3 is 2.58 bits per heavy atom. The van der Waals surface area contributed by atoms with Crippen LogP contribution in [0.3, 0.4) is 0 Å². The molecule has 62 valence electrons. The molecule has 0 spiro atoms. The van der Waals surface area contributed by atoms with Crippen molar-refractivity contribution in [3.8, 4) is 0 Å². The SMILES string of the molecule is Nc1ccc(I)c2c(I)csc12. The topological polar surface area (TPSA) is 26.0 Å². The first-order valence-electron chi connectivity index (χ1n) is 3.31. The lowest BCUT2D eigenvalue weighted by Crippen LogP contribution is -1.85. The summed E-state index contributed by atoms with van der Waals surface area (Å²) >= 11 is 6.41. The molecule has 2 aromatic rings. The number of hydrogen-bond donors (Lipinski definition) is 1. The van der Waals surface area contributed by atoms with Crippen molar-refractivity contribution < 1.29 is 0 Å². The molecule has 1 heterocycles. The van der Waals surface area contributed by atoms with Crippen LogP contribution in [-0.4, -0.2) is 0 Å². The molecule has 1 aromatic heterocycles. The van der Waals surface area contributed by atoms with Crippen molar-refractivity contribution in [1.29, 1.82) is 0 Å². The van der Waals surface area contributed by atoms with E-state index >= 15 is 0 Å². The van der Waals surface area contributed by atoms with E-state index in [1.165, 1.54) is 17.2 Å². The standard InChI is InChI=1S/C8H5I2NS/c9-4-1-2-6(11)8-7(4)5(10)3-12-8/h1-3H,11H2. The monoisotopic (exact) mass is 401 g/mol. The molecule has 1 aromatic carbocycles. The quantitative estimate of drug-likeness (QED) is 0.529. The summed E-state index contributed by atoms with van der Waals surface area (Å²) in [6, 6.07) is 4.03. The van der Waals surface area contributed by atoms with Crippen molar-refractivity contribution in [3.05, 3.63) is 24.7 Å². The van der Waals surface area contributed by atoms with Gasteiger partial charge in [0.1, 0.15) is 0 Å². The van der Waals surface area contributed by atoms with Gasteiger partial charge in [0.15, 0.2) is 0 Å². The van der Waals surface area contributed by atoms with Gasteiger partial charge in [0.25, 0.3) is 0 Å². The maximum Gasteiger partial charge on any atom is 0.0593 e. The maximum atomic E-state index is 5.84. The summed E-state index contributed by atoms with van der Waals surface area (Å²) in [7, 11) is 0. The lowest BCUT2D eigenvalue weighted by atomic mass is 10.2. The number of anilines is 1. The van der Waals surface area contributed by atoms with Crippen molar-refractivity contribution in [2.24, 2.45) is 0 Å². The van der Waals surface area contributed by atoms with E-state index in [1.807, 2.05) is 6.07 Å². The first-order valence-corrected chi connectivity index (χ1v) is 6.34. The van der Waals surface area contributed by atoms with E-state index in [0.717, 1.165) is 5.69 Å². The second-order valence-corrected chi connectivity index (χ2v) is 5.63. The zero-order chi connectivity index (χ0) is 8.72. The number of nitrogens with two attached hydrogens (primary N) is 1. The molecule has 0 aliphatic carbocycles. The molecule has 0 amide bonds. The molecular weight excluding hydrogens is 396 g/mol. The molecular formula is C8H5I2NS. The van der Waals surface area contributed by atoms with Gasteiger partial charge in [-0.1, -0.05) is 0 Å². The summed E-state index contributed by atoms with van der Waals surface area (Å²) in [6.45, 7) is 0. The van der Waals surface area contributed by atoms with E-state index in [-0.39, 0.29) is 0 Å². The Hall–Kier alpha value is 0.440. The third-order valence-corrected chi connectivity index (χ3v) is 4.86. The number of benzene rings is 1. The van der Waals surface area contributed by atoms with Crippen molar-refractivity contribution >= 4 is 72.3 Å². The molecule has 0 aliphatic rings. The Morgan fingerprint density at radius 1 is 1.17 bits per heavy atom. The summed E-state index contributed by atoms with van der Waals surface area (Å²) < 4.78 is 3.79. The van der Waals surface area contributed by atoms with Crippen LogP contribution in [0.2, 0.25) is 0 Å². The fourth-order valence-electron chi connectivity index (χ4n) is 1.09. The van der Waals surface area contributed by atoms with Crippen LogP contribution in [0.4, 0.5) is 5.69 Å². The average Bonchev–Trinajstić information content (AvgIpc) is 2.42. The van der Waals surface area contributed by atoms with Crippen LogP contribution in [0.25, 0.3) is 10.1 Å². The third-order valence-electron chi connectivity index (χ3n) is 1.66. The van der Waals surface area contributed by atoms with Gasteiger partial charge in [0.05, 0.1) is 4.70 Å². The molecule has 4 heteroatoms. The number of hydrogen-bond acceptors (Lipinski definition) is 2. The van der Waals surface area contributed by atoms with Crippen molar-refractivity contribution in [3.63, 3.8) is 0 Å². The van der Waals surface area contributed by atoms with Crippen LogP contribution in [0.1, 0.15) is 0 Å². The predicted octanol–water partition coefficient (Wildman–Crippen LogP) is 3.69. The van der Waals surface area contributed by atoms with E-state index in [0.29, 0.717) is 0 Å². The maximum absolute atomic E-state index is 5.84. The van der Waals surface area contributed by atoms with Gasteiger partial charge < -0.3 is 5.73 Å². The van der Waals surface area contributed by atoms with Gasteiger partial charge in [-0.2, -0.15) is 0 Å². The van der Waals surface area contributed by atoms with Crippen LogP contribution in [0, 0.1) is 7.14 Å². The molecule has 0 saturated heterocycles. The molecule has 2 rings (SSSR count). The second kappa shape index (κ2) is 3.30. The summed E-state index contributed by atoms with van der Waals surface area (Å²) in [4.78, 5) is 0. The Labute approximate surface area is 102 Å². The van der Waals surface area contributed by atoms with Gasteiger partial charge >= 0.3 is 0 Å². The first-order chi connectivity index (χ1) is 5.70. The summed E-state index contributed by atoms with van der Waals surface area (Å²) in [5.74, 6) is 0. The fraction of sp³-hybridized carbons (Fsp3) is 0. The Bertz CT molecular complexity index is 436. The highest BCUT2D eigenvalue weighted by Gasteiger charge is 2.07. The highest BCUT2D eigenvalue weighted by molar-refractivity contribution is 14.1. The number of halogens is 2. The molecule has 0 fully saturated rings. The fourth-order valence-corrected chi connectivity index (χ4v) is 4.54. The van der Waals surface area contributed by atoms with Crippen LogP contribution in [0.5, 0.6) is 0 Å². The molecule has 0 saturated carbocycles. The van der Waals surface area contributed by atoms with Gasteiger partial charge in [-0.05, 0) is 57.3 Å². The summed E-state index contributed by atoms with van der Waals surface area (Å²) in [5, 5.41) is 3.45. The highest BCUT2D eigenvalue weighted by atomic mass is 127. The molecule has 0 radical (unpaired) electrons.